The highest BCUT2D eigenvalue weighted by atomic mass is 32.2. The molecule has 0 saturated carbocycles. The number of amides is 1. The highest BCUT2D eigenvalue weighted by Gasteiger charge is 2.26. The average molecular weight is 360 g/mol. The van der Waals surface area contributed by atoms with Crippen molar-refractivity contribution in [2.75, 3.05) is 13.1 Å². The van der Waals surface area contributed by atoms with Crippen LogP contribution < -0.4 is 5.32 Å². The van der Waals surface area contributed by atoms with E-state index in [0.29, 0.717) is 12.5 Å². The number of benzene rings is 2. The first-order valence-electron chi connectivity index (χ1n) is 8.25. The monoisotopic (exact) mass is 360 g/mol. The molecule has 0 spiro atoms. The van der Waals surface area contributed by atoms with Gasteiger partial charge in [0.2, 0.25) is 15.9 Å². The summed E-state index contributed by atoms with van der Waals surface area (Å²) in [4.78, 5) is 12.4. The molecule has 2 rings (SSSR count). The molecule has 2 aromatic carbocycles. The summed E-state index contributed by atoms with van der Waals surface area (Å²) in [5, 5.41) is 2.78. The third-order valence-corrected chi connectivity index (χ3v) is 5.42. The largest absolute Gasteiger partial charge is 0.355 e. The fourth-order valence-corrected chi connectivity index (χ4v) is 3.69. The predicted molar refractivity (Wildman–Crippen MR) is 98.3 cm³/mol. The number of nitrogens with zero attached hydrogens (tertiary/aromatic N) is 1. The summed E-state index contributed by atoms with van der Waals surface area (Å²) in [6, 6.07) is 17.4. The Morgan fingerprint density at radius 1 is 1.00 bits per heavy atom. The molecule has 0 aliphatic heterocycles. The topological polar surface area (TPSA) is 66.5 Å². The van der Waals surface area contributed by atoms with Crippen LogP contribution in [0.3, 0.4) is 0 Å². The molecule has 0 heterocycles. The van der Waals surface area contributed by atoms with E-state index in [4.69, 9.17) is 0 Å². The van der Waals surface area contributed by atoms with Gasteiger partial charge in [0.1, 0.15) is 0 Å². The fourth-order valence-electron chi connectivity index (χ4n) is 2.29. The lowest BCUT2D eigenvalue weighted by atomic mass is 10.2. The number of carbonyl (C=O) groups excluding carboxylic acids is 1. The van der Waals surface area contributed by atoms with Gasteiger partial charge in [-0.05, 0) is 23.6 Å². The van der Waals surface area contributed by atoms with E-state index >= 15 is 0 Å². The van der Waals surface area contributed by atoms with E-state index in [2.05, 4.69) is 5.32 Å². The first kappa shape index (κ1) is 19.1. The number of rotatable bonds is 8. The van der Waals surface area contributed by atoms with Crippen LogP contribution in [0.2, 0.25) is 0 Å². The molecule has 0 aliphatic carbocycles. The maximum absolute atomic E-state index is 13.0. The van der Waals surface area contributed by atoms with Gasteiger partial charge in [0.25, 0.3) is 0 Å². The van der Waals surface area contributed by atoms with Crippen LogP contribution in [-0.2, 0) is 21.4 Å². The van der Waals surface area contributed by atoms with Crippen molar-refractivity contribution < 1.29 is 13.2 Å². The van der Waals surface area contributed by atoms with E-state index in [-0.39, 0.29) is 23.9 Å². The molecule has 1 amide bonds. The van der Waals surface area contributed by atoms with Crippen LogP contribution >= 0.6 is 0 Å². The number of carbonyl (C=O) groups is 1. The molecule has 0 fully saturated rings. The smallest absolute Gasteiger partial charge is 0.243 e. The van der Waals surface area contributed by atoms with Crippen molar-refractivity contribution in [2.45, 2.75) is 25.3 Å². The molecule has 0 aromatic heterocycles. The third-order valence-electron chi connectivity index (χ3n) is 3.61. The van der Waals surface area contributed by atoms with E-state index in [1.807, 2.05) is 44.2 Å². The maximum Gasteiger partial charge on any atom is 0.243 e. The van der Waals surface area contributed by atoms with Crippen molar-refractivity contribution in [3.8, 4) is 0 Å². The second-order valence-electron chi connectivity index (χ2n) is 6.27. The van der Waals surface area contributed by atoms with Gasteiger partial charge in [0, 0.05) is 13.1 Å². The summed E-state index contributed by atoms with van der Waals surface area (Å²) >= 11 is 0. The standard InChI is InChI=1S/C19H24N2O3S/c1-16(2)13-20-19(22)15-21(14-17-9-5-3-6-10-17)25(23,24)18-11-7-4-8-12-18/h3-12,16H,13-15H2,1-2H3,(H,20,22). The van der Waals surface area contributed by atoms with Gasteiger partial charge >= 0.3 is 0 Å². The van der Waals surface area contributed by atoms with Crippen molar-refractivity contribution >= 4 is 15.9 Å². The molecule has 0 unspecified atom stereocenters. The van der Waals surface area contributed by atoms with Crippen LogP contribution in [0.25, 0.3) is 0 Å². The van der Waals surface area contributed by atoms with Crippen molar-refractivity contribution in [2.24, 2.45) is 5.92 Å². The second-order valence-corrected chi connectivity index (χ2v) is 8.21. The summed E-state index contributed by atoms with van der Waals surface area (Å²) in [5.74, 6) is 0.00129. The van der Waals surface area contributed by atoms with E-state index < -0.39 is 10.0 Å². The zero-order chi connectivity index (χ0) is 18.3. The van der Waals surface area contributed by atoms with Gasteiger partial charge in [-0.25, -0.2) is 8.42 Å². The van der Waals surface area contributed by atoms with Gasteiger partial charge in [-0.1, -0.05) is 62.4 Å². The van der Waals surface area contributed by atoms with E-state index in [1.54, 1.807) is 30.3 Å². The number of hydrogen-bond acceptors (Lipinski definition) is 3. The molecule has 0 bridgehead atoms. The third kappa shape index (κ3) is 5.69. The molecular formula is C19H24N2O3S. The van der Waals surface area contributed by atoms with Gasteiger partial charge in [-0.15, -0.1) is 0 Å². The predicted octanol–water partition coefficient (Wildman–Crippen LogP) is 2.65. The highest BCUT2D eigenvalue weighted by Crippen LogP contribution is 2.18. The second kappa shape index (κ2) is 8.78. The van der Waals surface area contributed by atoms with Crippen molar-refractivity contribution in [1.29, 1.82) is 0 Å². The van der Waals surface area contributed by atoms with Gasteiger partial charge in [-0.2, -0.15) is 4.31 Å². The first-order chi connectivity index (χ1) is 11.9. The van der Waals surface area contributed by atoms with Gasteiger partial charge in [0.15, 0.2) is 0 Å². The Morgan fingerprint density at radius 3 is 2.12 bits per heavy atom. The quantitative estimate of drug-likeness (QED) is 0.787. The minimum atomic E-state index is -3.76. The van der Waals surface area contributed by atoms with Crippen LogP contribution in [0.4, 0.5) is 0 Å². The van der Waals surface area contributed by atoms with Crippen LogP contribution in [0.1, 0.15) is 19.4 Å². The zero-order valence-corrected chi connectivity index (χ0v) is 15.4. The van der Waals surface area contributed by atoms with Crippen LogP contribution in [-0.4, -0.2) is 31.7 Å². The maximum atomic E-state index is 13.0. The first-order valence-corrected chi connectivity index (χ1v) is 9.69. The normalized spacial score (nSPS) is 11.7. The van der Waals surface area contributed by atoms with Crippen molar-refractivity contribution in [1.82, 2.24) is 9.62 Å². The minimum Gasteiger partial charge on any atom is -0.355 e. The lowest BCUT2D eigenvalue weighted by molar-refractivity contribution is -0.121. The van der Waals surface area contributed by atoms with Gasteiger partial charge in [0.05, 0.1) is 11.4 Å². The average Bonchev–Trinajstić information content (AvgIpc) is 2.61. The summed E-state index contributed by atoms with van der Waals surface area (Å²) in [7, 11) is -3.76. The van der Waals surface area contributed by atoms with Crippen LogP contribution in [0.15, 0.2) is 65.6 Å². The molecule has 134 valence electrons. The van der Waals surface area contributed by atoms with E-state index in [9.17, 15) is 13.2 Å². The molecule has 1 N–H and O–H groups in total. The lowest BCUT2D eigenvalue weighted by Crippen LogP contribution is -2.41. The Kier molecular flexibility index (Phi) is 6.73. The molecular weight excluding hydrogens is 336 g/mol. The van der Waals surface area contributed by atoms with Crippen molar-refractivity contribution in [3.63, 3.8) is 0 Å². The summed E-state index contributed by atoms with van der Waals surface area (Å²) in [5.41, 5.74) is 0.832. The van der Waals surface area contributed by atoms with Crippen molar-refractivity contribution in [3.05, 3.63) is 66.2 Å². The Bertz CT molecular complexity index is 775. The molecule has 0 atom stereocenters. The lowest BCUT2D eigenvalue weighted by Gasteiger charge is -2.22. The summed E-state index contributed by atoms with van der Waals surface area (Å²) < 4.78 is 27.1. The Balaban J connectivity index is 2.24. The van der Waals surface area contributed by atoms with Crippen LogP contribution in [0.5, 0.6) is 0 Å². The number of sulfonamides is 1. The highest BCUT2D eigenvalue weighted by molar-refractivity contribution is 7.89. The number of nitrogens with one attached hydrogen (secondary N) is 1. The zero-order valence-electron chi connectivity index (χ0n) is 14.6. The molecule has 6 heteroatoms. The van der Waals surface area contributed by atoms with E-state index in [0.717, 1.165) is 5.56 Å². The van der Waals surface area contributed by atoms with E-state index in [1.165, 1.54) is 4.31 Å². The Morgan fingerprint density at radius 2 is 1.56 bits per heavy atom. The molecule has 0 saturated heterocycles. The van der Waals surface area contributed by atoms with Gasteiger partial charge < -0.3 is 5.32 Å². The molecule has 0 aliphatic rings. The Hall–Kier alpha value is -2.18. The minimum absolute atomic E-state index is 0.146. The van der Waals surface area contributed by atoms with Gasteiger partial charge in [-0.3, -0.25) is 4.79 Å². The Labute approximate surface area is 149 Å². The molecule has 25 heavy (non-hydrogen) atoms. The summed E-state index contributed by atoms with van der Waals surface area (Å²) in [6.07, 6.45) is 0. The molecule has 0 radical (unpaired) electrons. The van der Waals surface area contributed by atoms with Crippen LogP contribution in [0, 0.1) is 5.92 Å². The molecule has 5 nitrogen and oxygen atoms in total. The SMILES string of the molecule is CC(C)CNC(=O)CN(Cc1ccccc1)S(=O)(=O)c1ccccc1. The fraction of sp³-hybridized carbons (Fsp3) is 0.316. The molecule has 2 aromatic rings. The number of hydrogen-bond donors (Lipinski definition) is 1. The summed E-state index contributed by atoms with van der Waals surface area (Å²) in [6.45, 7) is 4.43.